The third-order valence-electron chi connectivity index (χ3n) is 2.79. The molecular formula is C15H18N2O2S. The van der Waals surface area contributed by atoms with Crippen molar-refractivity contribution in [2.45, 2.75) is 30.7 Å². The third-order valence-corrected chi connectivity index (χ3v) is 3.73. The van der Waals surface area contributed by atoms with Gasteiger partial charge in [0.15, 0.2) is 5.16 Å². The Bertz CT molecular complexity index is 625. The monoisotopic (exact) mass is 290 g/mol. The number of hydrogen-bond donors (Lipinski definition) is 1. The summed E-state index contributed by atoms with van der Waals surface area (Å²) in [5, 5.41) is 0.670. The standard InChI is InChI=1S/C15H18N2O2S/c1-3-5-12-9-14(18)17-15(16-12)20-10-11-6-4-7-13(8-11)19-2/h4,6-9H,3,5,10H2,1-2H3,(H,16,17,18). The van der Waals surface area contributed by atoms with Crippen LogP contribution in [0.5, 0.6) is 5.75 Å². The minimum Gasteiger partial charge on any atom is -0.497 e. The molecule has 0 aliphatic carbocycles. The van der Waals surface area contributed by atoms with E-state index >= 15 is 0 Å². The molecule has 0 amide bonds. The van der Waals surface area contributed by atoms with Crippen molar-refractivity contribution in [2.24, 2.45) is 0 Å². The van der Waals surface area contributed by atoms with E-state index in [-0.39, 0.29) is 5.56 Å². The lowest BCUT2D eigenvalue weighted by Gasteiger charge is -2.05. The lowest BCUT2D eigenvalue weighted by molar-refractivity contribution is 0.414. The number of aryl methyl sites for hydroxylation is 1. The minimum atomic E-state index is -0.0865. The predicted octanol–water partition coefficient (Wildman–Crippen LogP) is 3.02. The van der Waals surface area contributed by atoms with Crippen molar-refractivity contribution in [1.29, 1.82) is 0 Å². The normalized spacial score (nSPS) is 10.5. The Kier molecular flexibility index (Phi) is 5.24. The molecule has 1 aromatic heterocycles. The molecule has 5 heteroatoms. The molecule has 0 spiro atoms. The Labute approximate surface area is 122 Å². The summed E-state index contributed by atoms with van der Waals surface area (Å²) < 4.78 is 5.19. The van der Waals surface area contributed by atoms with Crippen molar-refractivity contribution in [3.05, 3.63) is 51.9 Å². The fourth-order valence-electron chi connectivity index (χ4n) is 1.85. The summed E-state index contributed by atoms with van der Waals surface area (Å²) in [7, 11) is 1.65. The highest BCUT2D eigenvalue weighted by molar-refractivity contribution is 7.98. The molecule has 0 bridgehead atoms. The van der Waals surface area contributed by atoms with E-state index in [4.69, 9.17) is 4.74 Å². The van der Waals surface area contributed by atoms with Gasteiger partial charge in [0.25, 0.3) is 5.56 Å². The van der Waals surface area contributed by atoms with Crippen molar-refractivity contribution < 1.29 is 4.74 Å². The van der Waals surface area contributed by atoms with Gasteiger partial charge >= 0.3 is 0 Å². The van der Waals surface area contributed by atoms with Crippen LogP contribution in [0.2, 0.25) is 0 Å². The zero-order chi connectivity index (χ0) is 14.4. The summed E-state index contributed by atoms with van der Waals surface area (Å²) >= 11 is 1.52. The molecule has 0 aliphatic heterocycles. The first kappa shape index (κ1) is 14.7. The highest BCUT2D eigenvalue weighted by atomic mass is 32.2. The molecule has 0 aliphatic rings. The summed E-state index contributed by atoms with van der Waals surface area (Å²) in [4.78, 5) is 18.8. The molecule has 106 valence electrons. The molecule has 1 aromatic carbocycles. The number of aromatic nitrogens is 2. The molecule has 0 radical (unpaired) electrons. The quantitative estimate of drug-likeness (QED) is 0.656. The van der Waals surface area contributed by atoms with Crippen LogP contribution in [0.25, 0.3) is 0 Å². The van der Waals surface area contributed by atoms with Crippen LogP contribution in [0.15, 0.2) is 40.3 Å². The van der Waals surface area contributed by atoms with Crippen molar-refractivity contribution in [3.63, 3.8) is 0 Å². The molecular weight excluding hydrogens is 272 g/mol. The van der Waals surface area contributed by atoms with Crippen molar-refractivity contribution in [1.82, 2.24) is 9.97 Å². The second-order valence-corrected chi connectivity index (χ2v) is 5.40. The molecule has 2 rings (SSSR count). The summed E-state index contributed by atoms with van der Waals surface area (Å²) in [6, 6.07) is 9.46. The molecule has 0 fully saturated rings. The van der Waals surface area contributed by atoms with Crippen LogP contribution >= 0.6 is 11.8 Å². The van der Waals surface area contributed by atoms with Gasteiger partial charge in [-0.25, -0.2) is 4.98 Å². The number of nitrogens with zero attached hydrogens (tertiary/aromatic N) is 1. The van der Waals surface area contributed by atoms with Gasteiger partial charge in [0, 0.05) is 17.5 Å². The number of hydrogen-bond acceptors (Lipinski definition) is 4. The van der Waals surface area contributed by atoms with Gasteiger partial charge in [-0.1, -0.05) is 37.2 Å². The van der Waals surface area contributed by atoms with E-state index in [0.717, 1.165) is 35.6 Å². The summed E-state index contributed by atoms with van der Waals surface area (Å²) in [5.41, 5.74) is 1.90. The third kappa shape index (κ3) is 4.13. The first-order valence-corrected chi connectivity index (χ1v) is 7.56. The zero-order valence-electron chi connectivity index (χ0n) is 11.7. The number of H-pyrrole nitrogens is 1. The van der Waals surface area contributed by atoms with E-state index in [9.17, 15) is 4.79 Å². The fraction of sp³-hybridized carbons (Fsp3) is 0.333. The number of aromatic amines is 1. The molecule has 1 N–H and O–H groups in total. The van der Waals surface area contributed by atoms with E-state index in [2.05, 4.69) is 16.9 Å². The van der Waals surface area contributed by atoms with Crippen LogP contribution in [0.4, 0.5) is 0 Å². The maximum absolute atomic E-state index is 11.6. The molecule has 1 heterocycles. The van der Waals surface area contributed by atoms with Crippen LogP contribution < -0.4 is 10.3 Å². The number of benzene rings is 1. The molecule has 0 saturated carbocycles. The topological polar surface area (TPSA) is 55.0 Å². The number of thioether (sulfide) groups is 1. The van der Waals surface area contributed by atoms with Gasteiger partial charge in [0.1, 0.15) is 5.75 Å². The number of nitrogens with one attached hydrogen (secondary N) is 1. The molecule has 4 nitrogen and oxygen atoms in total. The fourth-order valence-corrected chi connectivity index (χ4v) is 2.69. The van der Waals surface area contributed by atoms with Crippen LogP contribution in [-0.2, 0) is 12.2 Å². The van der Waals surface area contributed by atoms with Gasteiger partial charge in [0.2, 0.25) is 0 Å². The van der Waals surface area contributed by atoms with Gasteiger partial charge in [-0.05, 0) is 24.1 Å². The Balaban J connectivity index is 2.08. The second-order valence-electron chi connectivity index (χ2n) is 4.43. The van der Waals surface area contributed by atoms with Crippen LogP contribution in [0.3, 0.4) is 0 Å². The van der Waals surface area contributed by atoms with Crippen LogP contribution in [-0.4, -0.2) is 17.1 Å². The largest absolute Gasteiger partial charge is 0.497 e. The van der Waals surface area contributed by atoms with E-state index in [1.54, 1.807) is 13.2 Å². The van der Waals surface area contributed by atoms with Crippen molar-refractivity contribution in [2.75, 3.05) is 7.11 Å². The Morgan fingerprint density at radius 3 is 2.95 bits per heavy atom. The lowest BCUT2D eigenvalue weighted by Crippen LogP contribution is -2.09. The smallest absolute Gasteiger partial charge is 0.251 e. The first-order valence-electron chi connectivity index (χ1n) is 6.57. The number of methoxy groups -OCH3 is 1. The number of ether oxygens (including phenoxy) is 1. The lowest BCUT2D eigenvalue weighted by atomic mass is 10.2. The van der Waals surface area contributed by atoms with Crippen molar-refractivity contribution in [3.8, 4) is 5.75 Å². The maximum atomic E-state index is 11.6. The average Bonchev–Trinajstić information content (AvgIpc) is 2.45. The van der Waals surface area contributed by atoms with E-state index in [1.165, 1.54) is 11.8 Å². The highest BCUT2D eigenvalue weighted by Gasteiger charge is 2.03. The second kappa shape index (κ2) is 7.14. The van der Waals surface area contributed by atoms with Gasteiger partial charge in [-0.3, -0.25) is 4.79 Å². The molecule has 0 saturated heterocycles. The Hall–Kier alpha value is -1.75. The predicted molar refractivity (Wildman–Crippen MR) is 81.4 cm³/mol. The van der Waals surface area contributed by atoms with Crippen molar-refractivity contribution >= 4 is 11.8 Å². The summed E-state index contributed by atoms with van der Waals surface area (Å²) in [6.07, 6.45) is 1.81. The van der Waals surface area contributed by atoms with E-state index < -0.39 is 0 Å². The highest BCUT2D eigenvalue weighted by Crippen LogP contribution is 2.21. The minimum absolute atomic E-state index is 0.0865. The number of rotatable bonds is 6. The molecule has 0 unspecified atom stereocenters. The Morgan fingerprint density at radius 2 is 2.20 bits per heavy atom. The summed E-state index contributed by atoms with van der Waals surface area (Å²) in [6.45, 7) is 2.08. The first-order chi connectivity index (χ1) is 9.71. The SMILES string of the molecule is CCCc1cc(=O)[nH]c(SCc2cccc(OC)c2)n1. The van der Waals surface area contributed by atoms with Crippen LogP contribution in [0, 0.1) is 0 Å². The molecule has 20 heavy (non-hydrogen) atoms. The van der Waals surface area contributed by atoms with Gasteiger partial charge < -0.3 is 9.72 Å². The average molecular weight is 290 g/mol. The van der Waals surface area contributed by atoms with E-state index in [1.807, 2.05) is 24.3 Å². The van der Waals surface area contributed by atoms with E-state index in [0.29, 0.717) is 5.16 Å². The Morgan fingerprint density at radius 1 is 1.35 bits per heavy atom. The molecule has 0 atom stereocenters. The summed E-state index contributed by atoms with van der Waals surface area (Å²) in [5.74, 6) is 1.58. The van der Waals surface area contributed by atoms with Gasteiger partial charge in [-0.2, -0.15) is 0 Å². The zero-order valence-corrected chi connectivity index (χ0v) is 12.5. The maximum Gasteiger partial charge on any atom is 0.251 e. The van der Waals surface area contributed by atoms with Gasteiger partial charge in [0.05, 0.1) is 7.11 Å². The van der Waals surface area contributed by atoms with Gasteiger partial charge in [-0.15, -0.1) is 0 Å². The molecule has 2 aromatic rings. The van der Waals surface area contributed by atoms with Crippen LogP contribution in [0.1, 0.15) is 24.6 Å².